The van der Waals surface area contributed by atoms with Gasteiger partial charge in [-0.05, 0) is 55.9 Å². The second kappa shape index (κ2) is 16.9. The Balaban J connectivity index is 2.71. The first-order valence-electron chi connectivity index (χ1n) is 12.9. The van der Waals surface area contributed by atoms with Crippen LogP contribution in [0.25, 0.3) is 0 Å². The van der Waals surface area contributed by atoms with Crippen LogP contribution in [0.3, 0.4) is 0 Å². The van der Waals surface area contributed by atoms with Crippen molar-refractivity contribution in [1.29, 1.82) is 0 Å². The zero-order valence-electron chi connectivity index (χ0n) is 22.6. The smallest absolute Gasteiger partial charge is 0.312 e. The van der Waals surface area contributed by atoms with Crippen LogP contribution in [-0.2, 0) is 14.4 Å². The van der Waals surface area contributed by atoms with E-state index in [-0.39, 0.29) is 43.2 Å². The van der Waals surface area contributed by atoms with Crippen molar-refractivity contribution in [2.75, 3.05) is 13.6 Å². The number of nitrogens with two attached hydrogens (primary N) is 1. The Hall–Kier alpha value is -3.70. The van der Waals surface area contributed by atoms with E-state index >= 15 is 0 Å². The van der Waals surface area contributed by atoms with Gasteiger partial charge in [-0.25, -0.2) is 9.18 Å². The molecule has 6 amide bonds. The number of rotatable bonds is 16. The molecule has 1 aromatic rings. The maximum Gasteiger partial charge on any atom is 0.312 e. The summed E-state index contributed by atoms with van der Waals surface area (Å²) in [7, 11) is 1.45. The highest BCUT2D eigenvalue weighted by Gasteiger charge is 2.28. The Morgan fingerprint density at radius 2 is 1.58 bits per heavy atom. The number of likely N-dealkylation sites (N-methyl/N-ethyl adjacent to an activating group) is 1. The van der Waals surface area contributed by atoms with Gasteiger partial charge in [-0.1, -0.05) is 27.2 Å². The molecule has 1 aromatic carbocycles. The zero-order chi connectivity index (χ0) is 28.7. The molecule has 0 saturated heterocycles. The molecule has 12 heteroatoms. The van der Waals surface area contributed by atoms with Crippen LogP contribution in [0.15, 0.2) is 24.3 Å². The summed E-state index contributed by atoms with van der Waals surface area (Å²) in [6.45, 7) is 5.76. The normalized spacial score (nSPS) is 13.1. The highest BCUT2D eigenvalue weighted by atomic mass is 19.1. The van der Waals surface area contributed by atoms with Crippen LogP contribution >= 0.6 is 0 Å². The van der Waals surface area contributed by atoms with Gasteiger partial charge in [-0.15, -0.1) is 0 Å². The molecule has 0 aliphatic heterocycles. The zero-order valence-corrected chi connectivity index (χ0v) is 22.6. The van der Waals surface area contributed by atoms with Crippen molar-refractivity contribution in [2.24, 2.45) is 11.7 Å². The Bertz CT molecular complexity index is 941. The lowest BCUT2D eigenvalue weighted by atomic mass is 10.0. The van der Waals surface area contributed by atoms with Crippen LogP contribution < -0.4 is 32.3 Å². The minimum absolute atomic E-state index is 0.0720. The van der Waals surface area contributed by atoms with E-state index in [9.17, 15) is 28.4 Å². The Morgan fingerprint density at radius 1 is 0.921 bits per heavy atom. The number of hydrogen-bond donors (Lipinski definition) is 6. The maximum absolute atomic E-state index is 13.1. The van der Waals surface area contributed by atoms with Gasteiger partial charge in [0.1, 0.15) is 17.9 Å². The molecular formula is C26H41FN6O5. The van der Waals surface area contributed by atoms with E-state index in [0.717, 1.165) is 6.42 Å². The molecule has 2 unspecified atom stereocenters. The van der Waals surface area contributed by atoms with Gasteiger partial charge in [0.2, 0.25) is 17.7 Å². The van der Waals surface area contributed by atoms with Crippen LogP contribution in [0.4, 0.5) is 9.18 Å². The van der Waals surface area contributed by atoms with Gasteiger partial charge in [0.05, 0.1) is 0 Å². The van der Waals surface area contributed by atoms with E-state index in [1.54, 1.807) is 13.8 Å². The van der Waals surface area contributed by atoms with Crippen LogP contribution in [0.1, 0.15) is 69.7 Å². The molecule has 38 heavy (non-hydrogen) atoms. The molecule has 0 bridgehead atoms. The third-order valence-electron chi connectivity index (χ3n) is 5.91. The summed E-state index contributed by atoms with van der Waals surface area (Å²) in [5.74, 6) is -2.31. The van der Waals surface area contributed by atoms with Crippen molar-refractivity contribution in [3.05, 3.63) is 35.6 Å². The fraction of sp³-hybridized carbons (Fsp3) is 0.577. The molecule has 212 valence electrons. The number of carbonyl (C=O) groups is 5. The molecule has 3 atom stereocenters. The minimum atomic E-state index is -0.878. The number of hydrogen-bond acceptors (Lipinski definition) is 5. The van der Waals surface area contributed by atoms with Gasteiger partial charge < -0.3 is 32.3 Å². The molecule has 1 rings (SSSR count). The van der Waals surface area contributed by atoms with E-state index in [4.69, 9.17) is 5.73 Å². The average Bonchev–Trinajstić information content (AvgIpc) is 2.87. The molecule has 0 aliphatic rings. The second-order valence-corrected chi connectivity index (χ2v) is 9.40. The van der Waals surface area contributed by atoms with E-state index in [1.165, 1.54) is 31.3 Å². The summed E-state index contributed by atoms with van der Waals surface area (Å²) in [6, 6.07) is 2.53. The van der Waals surface area contributed by atoms with Gasteiger partial charge in [-0.2, -0.15) is 0 Å². The van der Waals surface area contributed by atoms with Crippen molar-refractivity contribution in [3.63, 3.8) is 0 Å². The highest BCUT2D eigenvalue weighted by Crippen LogP contribution is 2.10. The maximum atomic E-state index is 13.1. The lowest BCUT2D eigenvalue weighted by molar-refractivity contribution is -0.133. The molecule has 11 nitrogen and oxygen atoms in total. The average molecular weight is 537 g/mol. The third-order valence-corrected chi connectivity index (χ3v) is 5.91. The van der Waals surface area contributed by atoms with E-state index in [0.29, 0.717) is 24.8 Å². The Morgan fingerprint density at radius 3 is 2.13 bits per heavy atom. The molecule has 0 fully saturated rings. The van der Waals surface area contributed by atoms with Crippen molar-refractivity contribution in [1.82, 2.24) is 26.6 Å². The van der Waals surface area contributed by atoms with Gasteiger partial charge in [0, 0.05) is 31.6 Å². The number of amides is 6. The van der Waals surface area contributed by atoms with Crippen molar-refractivity contribution in [3.8, 4) is 0 Å². The predicted octanol–water partition coefficient (Wildman–Crippen LogP) is 1.32. The topological polar surface area (TPSA) is 172 Å². The number of urea groups is 1. The molecule has 0 saturated carbocycles. The van der Waals surface area contributed by atoms with Crippen LogP contribution in [0.5, 0.6) is 0 Å². The third kappa shape index (κ3) is 12.0. The number of primary amides is 1. The summed E-state index contributed by atoms with van der Waals surface area (Å²) in [4.78, 5) is 61.3. The standard InChI is InChI=1S/C26H41FN6O5/c1-5-7-19(31-23(35)17-9-11-18(27)12-10-17)13-14-21(34)33-22(16(2)3)25(37)32-20(24(36)29-4)8-6-15-30-26(28)38/h9-12,16,19-20,22H,5-8,13-15H2,1-4H3,(H,29,36)(H,31,35)(H,32,37)(H,33,34)(H3,28,30,38)/t19?,20-,22?/m0/s1. The number of benzene rings is 1. The summed E-state index contributed by atoms with van der Waals surface area (Å²) in [5.41, 5.74) is 5.36. The quantitative estimate of drug-likeness (QED) is 0.175. The molecule has 0 radical (unpaired) electrons. The molecule has 0 aliphatic carbocycles. The lowest BCUT2D eigenvalue weighted by Crippen LogP contribution is -2.55. The first kappa shape index (κ1) is 32.3. The second-order valence-electron chi connectivity index (χ2n) is 9.40. The van der Waals surface area contributed by atoms with Gasteiger partial charge >= 0.3 is 6.03 Å². The largest absolute Gasteiger partial charge is 0.357 e. The SMILES string of the molecule is CCCC(CCC(=O)NC(C(=O)N[C@@H](CCCNC(N)=O)C(=O)NC)C(C)C)NC(=O)c1ccc(F)cc1. The monoisotopic (exact) mass is 536 g/mol. The first-order valence-corrected chi connectivity index (χ1v) is 12.9. The summed E-state index contributed by atoms with van der Waals surface area (Å²) < 4.78 is 13.1. The first-order chi connectivity index (χ1) is 18.0. The molecular weight excluding hydrogens is 495 g/mol. The number of halogens is 1. The summed E-state index contributed by atoms with van der Waals surface area (Å²) >= 11 is 0. The molecule has 0 heterocycles. The summed E-state index contributed by atoms with van der Waals surface area (Å²) in [5, 5.41) is 13.2. The van der Waals surface area contributed by atoms with Crippen molar-refractivity contribution < 1.29 is 28.4 Å². The van der Waals surface area contributed by atoms with Crippen molar-refractivity contribution in [2.45, 2.75) is 77.4 Å². The molecule has 7 N–H and O–H groups in total. The Kier molecular flexibility index (Phi) is 14.4. The number of carbonyl (C=O) groups excluding carboxylic acids is 5. The molecule has 0 aromatic heterocycles. The van der Waals surface area contributed by atoms with Gasteiger partial charge in [0.15, 0.2) is 0 Å². The Labute approximate surface area is 223 Å². The minimum Gasteiger partial charge on any atom is -0.357 e. The van der Waals surface area contributed by atoms with Crippen LogP contribution in [-0.4, -0.2) is 61.4 Å². The van der Waals surface area contributed by atoms with E-state index < -0.39 is 35.7 Å². The fourth-order valence-electron chi connectivity index (χ4n) is 3.82. The van der Waals surface area contributed by atoms with Gasteiger partial charge in [0.25, 0.3) is 5.91 Å². The fourth-order valence-corrected chi connectivity index (χ4v) is 3.82. The molecule has 0 spiro atoms. The predicted molar refractivity (Wildman–Crippen MR) is 141 cm³/mol. The lowest BCUT2D eigenvalue weighted by Gasteiger charge is -2.25. The van der Waals surface area contributed by atoms with E-state index in [1.807, 2.05) is 6.92 Å². The van der Waals surface area contributed by atoms with Crippen LogP contribution in [0, 0.1) is 11.7 Å². The number of nitrogens with one attached hydrogen (secondary N) is 5. The van der Waals surface area contributed by atoms with E-state index in [2.05, 4.69) is 26.6 Å². The van der Waals surface area contributed by atoms with Gasteiger partial charge in [-0.3, -0.25) is 19.2 Å². The highest BCUT2D eigenvalue weighted by molar-refractivity contribution is 5.94. The summed E-state index contributed by atoms with van der Waals surface area (Å²) in [6.07, 6.45) is 2.52. The van der Waals surface area contributed by atoms with Crippen LogP contribution in [0.2, 0.25) is 0 Å². The van der Waals surface area contributed by atoms with Crippen molar-refractivity contribution >= 4 is 29.7 Å².